The van der Waals surface area contributed by atoms with E-state index in [1.54, 1.807) is 37.0 Å². The van der Waals surface area contributed by atoms with E-state index >= 15 is 0 Å². The van der Waals surface area contributed by atoms with Crippen LogP contribution in [0, 0.1) is 0 Å². The van der Waals surface area contributed by atoms with Crippen LogP contribution < -0.4 is 0 Å². The van der Waals surface area contributed by atoms with Crippen LogP contribution in [0.25, 0.3) is 0 Å². The molecule has 0 spiro atoms. The van der Waals surface area contributed by atoms with Gasteiger partial charge in [0.1, 0.15) is 0 Å². The topological polar surface area (TPSA) is 37.4 Å². The molecule has 18 heavy (non-hydrogen) atoms. The highest BCUT2D eigenvalue weighted by Crippen LogP contribution is 2.28. The molecule has 1 aliphatic heterocycles. The van der Waals surface area contributed by atoms with E-state index in [0.717, 1.165) is 17.9 Å². The second-order valence-electron chi connectivity index (χ2n) is 4.28. The predicted molar refractivity (Wildman–Crippen MR) is 76.7 cm³/mol. The van der Waals surface area contributed by atoms with Gasteiger partial charge in [0.2, 0.25) is 10.0 Å². The van der Waals surface area contributed by atoms with E-state index in [1.165, 1.54) is 4.31 Å². The molecule has 1 unspecified atom stereocenters. The van der Waals surface area contributed by atoms with Crippen molar-refractivity contribution >= 4 is 33.4 Å². The molecular weight excluding hydrogens is 290 g/mol. The van der Waals surface area contributed by atoms with Crippen molar-refractivity contribution in [2.24, 2.45) is 0 Å². The Kier molecular flexibility index (Phi) is 4.59. The lowest BCUT2D eigenvalue weighted by Crippen LogP contribution is -2.37. The van der Waals surface area contributed by atoms with Crippen molar-refractivity contribution in [1.82, 2.24) is 4.31 Å². The highest BCUT2D eigenvalue weighted by Gasteiger charge is 2.31. The Bertz CT molecular complexity index is 513. The molecule has 1 saturated heterocycles. The van der Waals surface area contributed by atoms with Crippen molar-refractivity contribution < 1.29 is 8.42 Å². The average Bonchev–Trinajstić information content (AvgIpc) is 2.91. The molecule has 1 aromatic carbocycles. The van der Waals surface area contributed by atoms with Crippen LogP contribution in [0.2, 0.25) is 0 Å². The molecule has 0 aromatic heterocycles. The second kappa shape index (κ2) is 5.82. The zero-order chi connectivity index (χ0) is 13.2. The molecule has 6 heteroatoms. The first-order chi connectivity index (χ1) is 8.57. The summed E-state index contributed by atoms with van der Waals surface area (Å²) in [5.74, 6) is 2.11. The van der Waals surface area contributed by atoms with Gasteiger partial charge in [-0.05, 0) is 23.8 Å². The summed E-state index contributed by atoms with van der Waals surface area (Å²) in [6.45, 7) is 0. The maximum atomic E-state index is 12.6. The fraction of sp³-hybridized carbons (Fsp3) is 0.500. The van der Waals surface area contributed by atoms with Gasteiger partial charge in [0, 0.05) is 24.7 Å². The highest BCUT2D eigenvalue weighted by molar-refractivity contribution is 7.99. The Morgan fingerprint density at radius 2 is 2.17 bits per heavy atom. The summed E-state index contributed by atoms with van der Waals surface area (Å²) in [4.78, 5) is 0.333. The van der Waals surface area contributed by atoms with Crippen LogP contribution in [0.1, 0.15) is 12.0 Å². The molecule has 0 amide bonds. The van der Waals surface area contributed by atoms with Gasteiger partial charge in [0.15, 0.2) is 0 Å². The lowest BCUT2D eigenvalue weighted by molar-refractivity contribution is 0.394. The molecule has 1 heterocycles. The largest absolute Gasteiger partial charge is 0.243 e. The molecule has 0 bridgehead atoms. The minimum Gasteiger partial charge on any atom is -0.207 e. The lowest BCUT2D eigenvalue weighted by atomic mass is 10.2. The number of hydrogen-bond donors (Lipinski definition) is 0. The van der Waals surface area contributed by atoms with E-state index in [2.05, 4.69) is 0 Å². The molecule has 1 fully saturated rings. The highest BCUT2D eigenvalue weighted by atomic mass is 35.5. The standard InChI is InChI=1S/C12H16ClNO2S2/c1-14(11-6-7-17-9-11)18(15,16)12-5-3-2-4-10(12)8-13/h2-5,11H,6-9H2,1H3. The van der Waals surface area contributed by atoms with Crippen LogP contribution in [0.15, 0.2) is 29.2 Å². The predicted octanol–water partition coefficient (Wildman–Crippen LogP) is 2.55. The van der Waals surface area contributed by atoms with E-state index < -0.39 is 10.0 Å². The third-order valence-electron chi connectivity index (χ3n) is 3.19. The Balaban J connectivity index is 2.35. The number of thioether (sulfide) groups is 1. The van der Waals surface area contributed by atoms with Crippen molar-refractivity contribution in [3.8, 4) is 0 Å². The summed E-state index contributed by atoms with van der Waals surface area (Å²) >= 11 is 7.61. The van der Waals surface area contributed by atoms with E-state index in [1.807, 2.05) is 6.07 Å². The van der Waals surface area contributed by atoms with Crippen LogP contribution in [0.3, 0.4) is 0 Å². The molecule has 1 atom stereocenters. The minimum atomic E-state index is -3.43. The van der Waals surface area contributed by atoms with E-state index in [4.69, 9.17) is 11.6 Å². The van der Waals surface area contributed by atoms with Crippen LogP contribution in [-0.4, -0.2) is 37.3 Å². The first-order valence-electron chi connectivity index (χ1n) is 5.77. The van der Waals surface area contributed by atoms with Crippen molar-refractivity contribution in [2.75, 3.05) is 18.6 Å². The first kappa shape index (κ1) is 14.2. The molecule has 0 N–H and O–H groups in total. The van der Waals surface area contributed by atoms with Gasteiger partial charge in [-0.1, -0.05) is 18.2 Å². The van der Waals surface area contributed by atoms with Crippen LogP contribution in [0.5, 0.6) is 0 Å². The zero-order valence-electron chi connectivity index (χ0n) is 10.2. The Morgan fingerprint density at radius 1 is 1.44 bits per heavy atom. The number of hydrogen-bond acceptors (Lipinski definition) is 3. The summed E-state index contributed by atoms with van der Waals surface area (Å²) in [6.07, 6.45) is 0.920. The zero-order valence-corrected chi connectivity index (χ0v) is 12.6. The van der Waals surface area contributed by atoms with Crippen molar-refractivity contribution in [3.63, 3.8) is 0 Å². The van der Waals surface area contributed by atoms with E-state index in [9.17, 15) is 8.42 Å². The van der Waals surface area contributed by atoms with Gasteiger partial charge >= 0.3 is 0 Å². The Morgan fingerprint density at radius 3 is 2.78 bits per heavy atom. The summed E-state index contributed by atoms with van der Waals surface area (Å²) < 4.78 is 26.6. The summed E-state index contributed by atoms with van der Waals surface area (Å²) in [6, 6.07) is 7.04. The van der Waals surface area contributed by atoms with Gasteiger partial charge in [-0.15, -0.1) is 11.6 Å². The molecule has 1 aliphatic rings. The fourth-order valence-corrected chi connectivity index (χ4v) is 5.31. The molecule has 0 aliphatic carbocycles. The van der Waals surface area contributed by atoms with Crippen molar-refractivity contribution in [2.45, 2.75) is 23.2 Å². The molecule has 0 saturated carbocycles. The van der Waals surface area contributed by atoms with Gasteiger partial charge in [0.05, 0.1) is 4.90 Å². The second-order valence-corrected chi connectivity index (χ2v) is 7.66. The third kappa shape index (κ3) is 2.69. The Labute approximate surface area is 118 Å². The minimum absolute atomic E-state index is 0.100. The number of halogens is 1. The fourth-order valence-electron chi connectivity index (χ4n) is 2.03. The quantitative estimate of drug-likeness (QED) is 0.802. The molecule has 1 aromatic rings. The molecule has 0 radical (unpaired) electrons. The monoisotopic (exact) mass is 305 g/mol. The van der Waals surface area contributed by atoms with Crippen molar-refractivity contribution in [3.05, 3.63) is 29.8 Å². The summed E-state index contributed by atoms with van der Waals surface area (Å²) in [7, 11) is -1.77. The first-order valence-corrected chi connectivity index (χ1v) is 8.90. The van der Waals surface area contributed by atoms with Crippen LogP contribution in [0.4, 0.5) is 0 Å². The molecular formula is C12H16ClNO2S2. The third-order valence-corrected chi connectivity index (χ3v) is 6.64. The maximum absolute atomic E-state index is 12.6. The van der Waals surface area contributed by atoms with E-state index in [-0.39, 0.29) is 11.9 Å². The SMILES string of the molecule is CN(C1CCSC1)S(=O)(=O)c1ccccc1CCl. The van der Waals surface area contributed by atoms with Gasteiger partial charge < -0.3 is 0 Å². The maximum Gasteiger partial charge on any atom is 0.243 e. The van der Waals surface area contributed by atoms with Crippen molar-refractivity contribution in [1.29, 1.82) is 0 Å². The summed E-state index contributed by atoms with van der Waals surface area (Å²) in [5.41, 5.74) is 0.664. The number of alkyl halides is 1. The van der Waals surface area contributed by atoms with Gasteiger partial charge in [-0.3, -0.25) is 0 Å². The molecule has 3 nitrogen and oxygen atoms in total. The number of nitrogens with zero attached hydrogens (tertiary/aromatic N) is 1. The smallest absolute Gasteiger partial charge is 0.207 e. The lowest BCUT2D eigenvalue weighted by Gasteiger charge is -2.24. The van der Waals surface area contributed by atoms with Gasteiger partial charge in [0.25, 0.3) is 0 Å². The van der Waals surface area contributed by atoms with E-state index in [0.29, 0.717) is 10.5 Å². The number of sulfonamides is 1. The van der Waals surface area contributed by atoms with Crippen LogP contribution >= 0.6 is 23.4 Å². The van der Waals surface area contributed by atoms with Crippen LogP contribution in [-0.2, 0) is 15.9 Å². The number of rotatable bonds is 4. The average molecular weight is 306 g/mol. The normalized spacial score (nSPS) is 20.5. The molecule has 2 rings (SSSR count). The Hall–Kier alpha value is -0.230. The molecule has 100 valence electrons. The van der Waals surface area contributed by atoms with Gasteiger partial charge in [-0.2, -0.15) is 16.1 Å². The number of benzene rings is 1. The van der Waals surface area contributed by atoms with Gasteiger partial charge in [-0.25, -0.2) is 8.42 Å². The summed E-state index contributed by atoms with van der Waals surface area (Å²) in [5, 5.41) is 0.